The third-order valence-corrected chi connectivity index (χ3v) is 6.47. The van der Waals surface area contributed by atoms with E-state index in [1.165, 1.54) is 0 Å². The first kappa shape index (κ1) is 16.4. The van der Waals surface area contributed by atoms with Gasteiger partial charge in [0.25, 0.3) is 0 Å². The summed E-state index contributed by atoms with van der Waals surface area (Å²) in [4.78, 5) is 18.6. The number of rotatable bonds is 4. The highest BCUT2D eigenvalue weighted by molar-refractivity contribution is 7.70. The van der Waals surface area contributed by atoms with Crippen LogP contribution in [0.15, 0.2) is 35.1 Å². The van der Waals surface area contributed by atoms with E-state index in [2.05, 4.69) is 9.88 Å². The van der Waals surface area contributed by atoms with E-state index in [1.54, 1.807) is 17.9 Å². The van der Waals surface area contributed by atoms with Crippen LogP contribution in [0, 0.1) is 0 Å². The molecule has 2 aliphatic heterocycles. The van der Waals surface area contributed by atoms with Crippen LogP contribution in [0.3, 0.4) is 0 Å². The number of benzene rings is 1. The number of hydrogen-bond donors (Lipinski definition) is 0. The molecular formula is C18H22N3O3P. The highest BCUT2D eigenvalue weighted by Gasteiger charge is 2.34. The maximum Gasteiger partial charge on any atom is 0.352 e. The first-order chi connectivity index (χ1) is 11.9. The fraction of sp³-hybridized carbons (Fsp3) is 0.444. The van der Waals surface area contributed by atoms with Crippen LogP contribution in [0.2, 0.25) is 0 Å². The van der Waals surface area contributed by atoms with Gasteiger partial charge in [-0.2, -0.15) is 4.98 Å². The van der Waals surface area contributed by atoms with Gasteiger partial charge in [0.15, 0.2) is 0 Å². The zero-order valence-corrected chi connectivity index (χ0v) is 15.4. The fourth-order valence-electron chi connectivity index (χ4n) is 3.63. The summed E-state index contributed by atoms with van der Waals surface area (Å²) >= 11 is 0. The molecule has 0 bridgehead atoms. The molecule has 1 saturated heterocycles. The van der Waals surface area contributed by atoms with E-state index in [1.807, 2.05) is 30.3 Å². The second-order valence-electron chi connectivity index (χ2n) is 7.14. The molecule has 7 heteroatoms. The molecule has 1 unspecified atom stereocenters. The molecule has 1 aromatic carbocycles. The Labute approximate surface area is 146 Å². The second kappa shape index (κ2) is 6.03. The average molecular weight is 359 g/mol. The maximum absolute atomic E-state index is 12.3. The lowest BCUT2D eigenvalue weighted by atomic mass is 10.2. The van der Waals surface area contributed by atoms with Crippen molar-refractivity contribution in [3.05, 3.63) is 46.4 Å². The van der Waals surface area contributed by atoms with Gasteiger partial charge in [-0.05, 0) is 37.8 Å². The molecule has 1 atom stereocenters. The predicted molar refractivity (Wildman–Crippen MR) is 98.7 cm³/mol. The minimum atomic E-state index is -2.30. The predicted octanol–water partition coefficient (Wildman–Crippen LogP) is 2.05. The van der Waals surface area contributed by atoms with Gasteiger partial charge in [0.2, 0.25) is 5.88 Å². The van der Waals surface area contributed by atoms with Crippen LogP contribution in [0.25, 0.3) is 0 Å². The van der Waals surface area contributed by atoms with E-state index >= 15 is 0 Å². The third-order valence-electron chi connectivity index (χ3n) is 4.95. The Morgan fingerprint density at radius 2 is 2.16 bits per heavy atom. The highest BCUT2D eigenvalue weighted by Crippen LogP contribution is 2.35. The zero-order valence-electron chi connectivity index (χ0n) is 14.5. The molecule has 2 aliphatic rings. The fourth-order valence-corrected chi connectivity index (χ4v) is 4.55. The van der Waals surface area contributed by atoms with Crippen molar-refractivity contribution in [2.75, 3.05) is 24.8 Å². The molecule has 132 valence electrons. The summed E-state index contributed by atoms with van der Waals surface area (Å²) in [7, 11) is -2.30. The lowest BCUT2D eigenvalue weighted by Gasteiger charge is -2.17. The van der Waals surface area contributed by atoms with Crippen LogP contribution in [0.1, 0.15) is 18.4 Å². The SMILES string of the molecule is CP(C)(=O)c1cccc(COc2cc3n(c(=O)n2)CC2CCCN32)c1. The number of aromatic nitrogens is 2. The van der Waals surface area contributed by atoms with Crippen molar-refractivity contribution >= 4 is 18.3 Å². The molecule has 3 heterocycles. The number of ether oxygens (including phenoxy) is 1. The zero-order chi connectivity index (χ0) is 17.6. The van der Waals surface area contributed by atoms with Gasteiger partial charge in [-0.3, -0.25) is 4.57 Å². The standard InChI is InChI=1S/C18H22N3O3P/c1-25(2,23)15-7-3-5-13(9-15)12-24-16-10-17-20-8-4-6-14(20)11-21(17)18(22)19-16/h3,5,7,9-10,14H,4,6,8,11-12H2,1-2H3. The molecule has 0 aliphatic carbocycles. The monoisotopic (exact) mass is 359 g/mol. The number of nitrogens with zero attached hydrogens (tertiary/aromatic N) is 3. The van der Waals surface area contributed by atoms with Gasteiger partial charge in [0.05, 0.1) is 0 Å². The summed E-state index contributed by atoms with van der Waals surface area (Å²) < 4.78 is 19.7. The molecule has 0 radical (unpaired) electrons. The van der Waals surface area contributed by atoms with E-state index in [-0.39, 0.29) is 5.69 Å². The Morgan fingerprint density at radius 1 is 1.32 bits per heavy atom. The largest absolute Gasteiger partial charge is 0.473 e. The van der Waals surface area contributed by atoms with Crippen molar-refractivity contribution in [2.24, 2.45) is 0 Å². The van der Waals surface area contributed by atoms with Crippen LogP contribution < -0.4 is 20.6 Å². The molecule has 4 rings (SSSR count). The summed E-state index contributed by atoms with van der Waals surface area (Å²) in [6.45, 7) is 5.52. The Balaban J connectivity index is 1.55. The molecule has 6 nitrogen and oxygen atoms in total. The highest BCUT2D eigenvalue weighted by atomic mass is 31.2. The van der Waals surface area contributed by atoms with Crippen molar-refractivity contribution in [3.8, 4) is 5.88 Å². The minimum absolute atomic E-state index is 0.248. The van der Waals surface area contributed by atoms with Gasteiger partial charge in [-0.25, -0.2) is 4.79 Å². The molecule has 0 spiro atoms. The molecule has 0 saturated carbocycles. The van der Waals surface area contributed by atoms with Crippen molar-refractivity contribution in [2.45, 2.75) is 32.0 Å². The second-order valence-corrected chi connectivity index (χ2v) is 10.4. The third kappa shape index (κ3) is 3.11. The lowest BCUT2D eigenvalue weighted by molar-refractivity contribution is 0.291. The van der Waals surface area contributed by atoms with Crippen molar-refractivity contribution in [1.29, 1.82) is 0 Å². The summed E-state index contributed by atoms with van der Waals surface area (Å²) in [5.74, 6) is 1.27. The van der Waals surface area contributed by atoms with Gasteiger partial charge < -0.3 is 14.2 Å². The van der Waals surface area contributed by atoms with Gasteiger partial charge >= 0.3 is 5.69 Å². The lowest BCUT2D eigenvalue weighted by Crippen LogP contribution is -2.24. The molecule has 0 amide bonds. The van der Waals surface area contributed by atoms with Crippen molar-refractivity contribution in [1.82, 2.24) is 9.55 Å². The van der Waals surface area contributed by atoms with Crippen LogP contribution in [-0.2, 0) is 17.7 Å². The quantitative estimate of drug-likeness (QED) is 0.782. The van der Waals surface area contributed by atoms with Gasteiger partial charge in [0.1, 0.15) is 19.6 Å². The Bertz CT molecular complexity index is 918. The summed E-state index contributed by atoms with van der Waals surface area (Å²) in [6.07, 6.45) is 2.29. The van der Waals surface area contributed by atoms with E-state index in [0.29, 0.717) is 18.5 Å². The van der Waals surface area contributed by atoms with E-state index in [4.69, 9.17) is 4.74 Å². The molecule has 25 heavy (non-hydrogen) atoms. The van der Waals surface area contributed by atoms with Crippen LogP contribution >= 0.6 is 7.14 Å². The Hall–Kier alpha value is -2.07. The van der Waals surface area contributed by atoms with Crippen LogP contribution in [0.5, 0.6) is 5.88 Å². The molecule has 2 aromatic rings. The summed E-state index contributed by atoms with van der Waals surface area (Å²) in [6, 6.07) is 9.87. The number of hydrogen-bond acceptors (Lipinski definition) is 5. The normalized spacial score (nSPS) is 19.0. The Morgan fingerprint density at radius 3 is 2.96 bits per heavy atom. The van der Waals surface area contributed by atoms with Crippen molar-refractivity contribution in [3.63, 3.8) is 0 Å². The summed E-state index contributed by atoms with van der Waals surface area (Å²) in [5, 5.41) is 0.829. The van der Waals surface area contributed by atoms with Crippen LogP contribution in [0.4, 0.5) is 5.82 Å². The Kier molecular flexibility index (Phi) is 3.95. The molecular weight excluding hydrogens is 337 g/mol. The maximum atomic E-state index is 12.3. The molecule has 0 N–H and O–H groups in total. The average Bonchev–Trinajstić information content (AvgIpc) is 3.15. The number of anilines is 1. The molecule has 1 aromatic heterocycles. The number of fused-ring (bicyclic) bond motifs is 3. The smallest absolute Gasteiger partial charge is 0.352 e. The first-order valence-corrected chi connectivity index (χ1v) is 11.2. The van der Waals surface area contributed by atoms with Crippen molar-refractivity contribution < 1.29 is 9.30 Å². The summed E-state index contributed by atoms with van der Waals surface area (Å²) in [5.41, 5.74) is 0.671. The van der Waals surface area contributed by atoms with Crippen LogP contribution in [-0.4, -0.2) is 35.5 Å². The van der Waals surface area contributed by atoms with E-state index in [0.717, 1.165) is 42.6 Å². The van der Waals surface area contributed by atoms with Gasteiger partial charge in [-0.15, -0.1) is 0 Å². The van der Waals surface area contributed by atoms with Gasteiger partial charge in [0, 0.05) is 30.5 Å². The minimum Gasteiger partial charge on any atom is -0.473 e. The van der Waals surface area contributed by atoms with Gasteiger partial charge in [-0.1, -0.05) is 18.2 Å². The first-order valence-electron chi connectivity index (χ1n) is 8.57. The molecule has 1 fully saturated rings. The van der Waals surface area contributed by atoms with E-state index in [9.17, 15) is 9.36 Å². The van der Waals surface area contributed by atoms with E-state index < -0.39 is 7.14 Å². The topological polar surface area (TPSA) is 64.4 Å².